The molecule has 2 aromatic rings. The summed E-state index contributed by atoms with van der Waals surface area (Å²) in [5, 5.41) is 12.3. The van der Waals surface area contributed by atoms with Gasteiger partial charge in [0.05, 0.1) is 12.4 Å². The van der Waals surface area contributed by atoms with Crippen LogP contribution < -0.4 is 15.0 Å². The third-order valence-corrected chi connectivity index (χ3v) is 6.23. The number of aromatic nitrogens is 2. The highest BCUT2D eigenvalue weighted by atomic mass is 16.5. The fourth-order valence-corrected chi connectivity index (χ4v) is 4.89. The van der Waals surface area contributed by atoms with Crippen LogP contribution in [0.3, 0.4) is 0 Å². The first kappa shape index (κ1) is 24.6. The van der Waals surface area contributed by atoms with Crippen LogP contribution in [0.2, 0.25) is 0 Å². The SMILES string of the molecule is C=O.CCCN(CCNC1CC2(C1)CN(Cc1ccccc1)C2)c1ncc(OCC#N)cn1. The molecule has 2 fully saturated rings. The van der Waals surface area contributed by atoms with E-state index in [2.05, 4.69) is 62.3 Å². The van der Waals surface area contributed by atoms with Gasteiger partial charge in [0, 0.05) is 45.3 Å². The van der Waals surface area contributed by atoms with Crippen molar-refractivity contribution < 1.29 is 9.53 Å². The highest BCUT2D eigenvalue weighted by Crippen LogP contribution is 2.48. The van der Waals surface area contributed by atoms with Crippen LogP contribution in [0.4, 0.5) is 5.95 Å². The molecule has 0 unspecified atom stereocenters. The lowest BCUT2D eigenvalue weighted by Gasteiger charge is -2.59. The Labute approximate surface area is 196 Å². The quantitative estimate of drug-likeness (QED) is 0.558. The Kier molecular flexibility index (Phi) is 9.16. The van der Waals surface area contributed by atoms with Crippen LogP contribution in [0, 0.1) is 16.7 Å². The van der Waals surface area contributed by atoms with E-state index in [0.717, 1.165) is 32.6 Å². The summed E-state index contributed by atoms with van der Waals surface area (Å²) in [7, 11) is 0. The Morgan fingerprint density at radius 1 is 1.21 bits per heavy atom. The third kappa shape index (κ3) is 6.73. The Morgan fingerprint density at radius 2 is 1.91 bits per heavy atom. The molecule has 1 aliphatic heterocycles. The molecule has 1 spiro atoms. The first-order chi connectivity index (χ1) is 16.2. The molecule has 0 bridgehead atoms. The van der Waals surface area contributed by atoms with E-state index in [1.807, 2.05) is 12.9 Å². The number of rotatable bonds is 11. The molecule has 8 nitrogen and oxygen atoms in total. The van der Waals surface area contributed by atoms with Gasteiger partial charge in [0.25, 0.3) is 0 Å². The van der Waals surface area contributed by atoms with Crippen LogP contribution in [0.1, 0.15) is 31.7 Å². The summed E-state index contributed by atoms with van der Waals surface area (Å²) >= 11 is 0. The number of anilines is 1. The van der Waals surface area contributed by atoms with E-state index in [4.69, 9.17) is 14.8 Å². The molecule has 1 aromatic carbocycles. The van der Waals surface area contributed by atoms with E-state index >= 15 is 0 Å². The number of benzene rings is 1. The molecule has 1 saturated carbocycles. The number of nitrogens with zero attached hydrogens (tertiary/aromatic N) is 5. The van der Waals surface area contributed by atoms with Crippen molar-refractivity contribution >= 4 is 12.7 Å². The van der Waals surface area contributed by atoms with Crippen LogP contribution in [0.15, 0.2) is 42.7 Å². The van der Waals surface area contributed by atoms with Gasteiger partial charge in [-0.2, -0.15) is 5.26 Å². The van der Waals surface area contributed by atoms with Crippen LogP contribution in [0.5, 0.6) is 5.75 Å². The molecule has 1 saturated heterocycles. The van der Waals surface area contributed by atoms with Crippen molar-refractivity contribution in [1.29, 1.82) is 5.26 Å². The molecule has 0 radical (unpaired) electrons. The molecule has 176 valence electrons. The largest absolute Gasteiger partial charge is 0.476 e. The smallest absolute Gasteiger partial charge is 0.225 e. The molecule has 33 heavy (non-hydrogen) atoms. The molecule has 0 atom stereocenters. The molecule has 2 heterocycles. The predicted octanol–water partition coefficient (Wildman–Crippen LogP) is 2.66. The van der Waals surface area contributed by atoms with E-state index in [9.17, 15) is 0 Å². The van der Waals surface area contributed by atoms with Crippen molar-refractivity contribution in [3.63, 3.8) is 0 Å². The molecule has 1 N–H and O–H groups in total. The number of carbonyl (C=O) groups excluding carboxylic acids is 1. The van der Waals surface area contributed by atoms with E-state index in [0.29, 0.717) is 23.2 Å². The Morgan fingerprint density at radius 3 is 2.55 bits per heavy atom. The molecule has 1 aromatic heterocycles. The van der Waals surface area contributed by atoms with Gasteiger partial charge in [-0.3, -0.25) is 4.90 Å². The lowest BCUT2D eigenvalue weighted by Crippen LogP contribution is -2.65. The lowest BCUT2D eigenvalue weighted by atomic mass is 9.60. The number of carbonyl (C=O) groups is 1. The molecule has 2 aliphatic rings. The Bertz CT molecular complexity index is 872. The van der Waals surface area contributed by atoms with E-state index in [1.165, 1.54) is 31.5 Å². The van der Waals surface area contributed by atoms with Crippen LogP contribution in [-0.4, -0.2) is 67.0 Å². The van der Waals surface area contributed by atoms with Crippen molar-refractivity contribution in [2.24, 2.45) is 5.41 Å². The van der Waals surface area contributed by atoms with Gasteiger partial charge in [-0.05, 0) is 30.2 Å². The Balaban J connectivity index is 0.00000149. The summed E-state index contributed by atoms with van der Waals surface area (Å²) in [5.41, 5.74) is 1.96. The minimum atomic E-state index is 0.0121. The van der Waals surface area contributed by atoms with Crippen molar-refractivity contribution in [3.05, 3.63) is 48.3 Å². The van der Waals surface area contributed by atoms with E-state index < -0.39 is 0 Å². The van der Waals surface area contributed by atoms with Gasteiger partial charge >= 0.3 is 0 Å². The normalized spacial score (nSPS) is 16.6. The second-order valence-electron chi connectivity index (χ2n) is 8.84. The van der Waals surface area contributed by atoms with E-state index in [1.54, 1.807) is 12.4 Å². The van der Waals surface area contributed by atoms with Gasteiger partial charge < -0.3 is 19.7 Å². The summed E-state index contributed by atoms with van der Waals surface area (Å²) < 4.78 is 5.24. The number of nitrogens with one attached hydrogen (secondary N) is 1. The maximum absolute atomic E-state index is 8.60. The lowest BCUT2D eigenvalue weighted by molar-refractivity contribution is -0.0980. The molecule has 1 aliphatic carbocycles. The zero-order chi connectivity index (χ0) is 23.5. The maximum atomic E-state index is 8.60. The fraction of sp³-hybridized carbons (Fsp3) is 0.520. The van der Waals surface area contributed by atoms with Gasteiger partial charge in [-0.25, -0.2) is 9.97 Å². The van der Waals surface area contributed by atoms with Crippen LogP contribution in [0.25, 0.3) is 0 Å². The first-order valence-corrected chi connectivity index (χ1v) is 11.5. The summed E-state index contributed by atoms with van der Waals surface area (Å²) in [6.07, 6.45) is 6.90. The summed E-state index contributed by atoms with van der Waals surface area (Å²) in [6.45, 7) is 10.5. The maximum Gasteiger partial charge on any atom is 0.225 e. The van der Waals surface area contributed by atoms with Crippen molar-refractivity contribution in [1.82, 2.24) is 20.2 Å². The van der Waals surface area contributed by atoms with Gasteiger partial charge in [0.1, 0.15) is 12.9 Å². The fourth-order valence-electron chi connectivity index (χ4n) is 4.89. The number of likely N-dealkylation sites (tertiary alicyclic amines) is 1. The van der Waals surface area contributed by atoms with Crippen molar-refractivity contribution in [2.75, 3.05) is 44.2 Å². The summed E-state index contributed by atoms with van der Waals surface area (Å²) in [4.78, 5) is 21.6. The van der Waals surface area contributed by atoms with E-state index in [-0.39, 0.29) is 6.61 Å². The van der Waals surface area contributed by atoms with Gasteiger partial charge in [0.15, 0.2) is 12.4 Å². The monoisotopic (exact) mass is 450 g/mol. The number of ether oxygens (including phenoxy) is 1. The average molecular weight is 451 g/mol. The molecular weight excluding hydrogens is 416 g/mol. The van der Waals surface area contributed by atoms with Crippen molar-refractivity contribution in [2.45, 2.75) is 38.8 Å². The minimum absolute atomic E-state index is 0.0121. The zero-order valence-electron chi connectivity index (χ0n) is 19.4. The number of nitriles is 1. The number of hydrogen-bond donors (Lipinski definition) is 1. The first-order valence-electron chi connectivity index (χ1n) is 11.5. The number of hydrogen-bond acceptors (Lipinski definition) is 8. The van der Waals surface area contributed by atoms with Gasteiger partial charge in [-0.1, -0.05) is 37.3 Å². The third-order valence-electron chi connectivity index (χ3n) is 6.23. The summed E-state index contributed by atoms with van der Waals surface area (Å²) in [6, 6.07) is 13.3. The average Bonchev–Trinajstić information content (AvgIpc) is 2.81. The highest BCUT2D eigenvalue weighted by Gasteiger charge is 2.51. The molecular formula is C25H34N6O2. The molecule has 4 rings (SSSR count). The van der Waals surface area contributed by atoms with Crippen LogP contribution in [-0.2, 0) is 11.3 Å². The highest BCUT2D eigenvalue weighted by molar-refractivity contribution is 5.31. The zero-order valence-corrected chi connectivity index (χ0v) is 19.4. The van der Waals surface area contributed by atoms with Crippen molar-refractivity contribution in [3.8, 4) is 11.8 Å². The topological polar surface area (TPSA) is 94.4 Å². The molecule has 0 amide bonds. The predicted molar refractivity (Wildman–Crippen MR) is 128 cm³/mol. The van der Waals surface area contributed by atoms with Gasteiger partial charge in [-0.15, -0.1) is 0 Å². The summed E-state index contributed by atoms with van der Waals surface area (Å²) in [5.74, 6) is 1.25. The molecule has 8 heteroatoms. The van der Waals surface area contributed by atoms with Gasteiger partial charge in [0.2, 0.25) is 5.95 Å². The second kappa shape index (κ2) is 12.3. The minimum Gasteiger partial charge on any atom is -0.476 e. The van der Waals surface area contributed by atoms with Crippen LogP contribution >= 0.6 is 0 Å². The Hall–Kier alpha value is -3.02. The second-order valence-corrected chi connectivity index (χ2v) is 8.84. The standard InChI is InChI=1S/C24H32N6O.CH2O/c1-2-10-30(23-27-15-22(16-28-23)31-12-8-25)11-9-26-21-13-24(14-21)18-29(19-24)17-20-6-4-3-5-7-20;1-2/h3-7,15-16,21,26H,2,9-14,17-19H2,1H3;1H2.